The summed E-state index contributed by atoms with van der Waals surface area (Å²) in [5.74, 6) is 0. The Hall–Kier alpha value is -1.06. The summed E-state index contributed by atoms with van der Waals surface area (Å²) in [5, 5.41) is 0. The van der Waals surface area contributed by atoms with E-state index in [-0.39, 0.29) is 0 Å². The van der Waals surface area contributed by atoms with Crippen molar-refractivity contribution in [3.05, 3.63) is 29.8 Å². The molecule has 1 saturated heterocycles. The van der Waals surface area contributed by atoms with Crippen LogP contribution in [0.25, 0.3) is 0 Å². The van der Waals surface area contributed by atoms with E-state index in [1.807, 2.05) is 0 Å². The number of hydrogen-bond donors (Lipinski definition) is 1. The minimum atomic E-state index is 0.638. The average Bonchev–Trinajstić information content (AvgIpc) is 2.38. The molecule has 1 aliphatic carbocycles. The van der Waals surface area contributed by atoms with Crippen molar-refractivity contribution in [3.8, 4) is 0 Å². The summed E-state index contributed by atoms with van der Waals surface area (Å²) >= 11 is 0. The molecule has 3 heteroatoms. The van der Waals surface area contributed by atoms with Crippen LogP contribution in [0.2, 0.25) is 0 Å². The number of rotatable bonds is 3. The highest BCUT2D eigenvalue weighted by atomic mass is 15.3. The predicted octanol–water partition coefficient (Wildman–Crippen LogP) is 1.82. The normalized spacial score (nSPS) is 21.9. The number of piperazine rings is 1. The zero-order valence-electron chi connectivity index (χ0n) is 11.0. The maximum Gasteiger partial charge on any atom is 0.0412 e. The molecule has 0 bridgehead atoms. The highest BCUT2D eigenvalue weighted by Crippen LogP contribution is 2.27. The van der Waals surface area contributed by atoms with Crippen molar-refractivity contribution in [3.63, 3.8) is 0 Å². The van der Waals surface area contributed by atoms with E-state index in [1.54, 1.807) is 0 Å². The van der Waals surface area contributed by atoms with Gasteiger partial charge in [0.1, 0.15) is 0 Å². The second-order valence-electron chi connectivity index (χ2n) is 5.44. The van der Waals surface area contributed by atoms with Gasteiger partial charge in [0.2, 0.25) is 0 Å². The fraction of sp³-hybridized carbons (Fsp3) is 0.600. The maximum atomic E-state index is 5.83. The van der Waals surface area contributed by atoms with Gasteiger partial charge in [-0.2, -0.15) is 0 Å². The van der Waals surface area contributed by atoms with Crippen LogP contribution in [0.5, 0.6) is 0 Å². The van der Waals surface area contributed by atoms with E-state index in [0.29, 0.717) is 6.54 Å². The Morgan fingerprint density at radius 1 is 1.06 bits per heavy atom. The Morgan fingerprint density at radius 2 is 1.78 bits per heavy atom. The van der Waals surface area contributed by atoms with E-state index in [9.17, 15) is 0 Å². The Bertz CT molecular complexity index is 392. The molecule has 2 aliphatic rings. The van der Waals surface area contributed by atoms with Crippen molar-refractivity contribution in [2.75, 3.05) is 31.1 Å². The van der Waals surface area contributed by atoms with Gasteiger partial charge in [-0.05, 0) is 24.5 Å². The molecule has 2 fully saturated rings. The molecule has 1 saturated carbocycles. The lowest BCUT2D eigenvalue weighted by Gasteiger charge is -2.44. The van der Waals surface area contributed by atoms with Crippen LogP contribution in [0.4, 0.5) is 5.69 Å². The molecule has 1 aliphatic heterocycles. The van der Waals surface area contributed by atoms with Gasteiger partial charge in [0.25, 0.3) is 0 Å². The molecule has 3 rings (SSSR count). The average molecular weight is 245 g/mol. The number of hydrogen-bond acceptors (Lipinski definition) is 3. The summed E-state index contributed by atoms with van der Waals surface area (Å²) in [6.45, 7) is 5.35. The second kappa shape index (κ2) is 5.29. The van der Waals surface area contributed by atoms with Crippen molar-refractivity contribution in [1.29, 1.82) is 0 Å². The fourth-order valence-electron chi connectivity index (χ4n) is 3.07. The molecule has 0 unspecified atom stereocenters. The van der Waals surface area contributed by atoms with Gasteiger partial charge in [0, 0.05) is 44.5 Å². The van der Waals surface area contributed by atoms with Gasteiger partial charge in [0.05, 0.1) is 0 Å². The van der Waals surface area contributed by atoms with Crippen molar-refractivity contribution >= 4 is 5.69 Å². The Labute approximate surface area is 110 Å². The fourth-order valence-corrected chi connectivity index (χ4v) is 3.07. The van der Waals surface area contributed by atoms with E-state index in [1.165, 1.54) is 43.6 Å². The summed E-state index contributed by atoms with van der Waals surface area (Å²) in [4.78, 5) is 5.17. The molecule has 98 valence electrons. The largest absolute Gasteiger partial charge is 0.369 e. The lowest BCUT2D eigenvalue weighted by Crippen LogP contribution is -2.52. The molecule has 3 nitrogen and oxygen atoms in total. The zero-order chi connectivity index (χ0) is 12.4. The second-order valence-corrected chi connectivity index (χ2v) is 5.44. The van der Waals surface area contributed by atoms with Crippen LogP contribution in [0, 0.1) is 0 Å². The Morgan fingerprint density at radius 3 is 2.39 bits per heavy atom. The van der Waals surface area contributed by atoms with Crippen LogP contribution in [-0.2, 0) is 6.54 Å². The number of nitrogens with zero attached hydrogens (tertiary/aromatic N) is 2. The van der Waals surface area contributed by atoms with Gasteiger partial charge in [-0.3, -0.25) is 4.90 Å². The Kier molecular flexibility index (Phi) is 3.52. The van der Waals surface area contributed by atoms with Crippen molar-refractivity contribution in [2.24, 2.45) is 5.73 Å². The van der Waals surface area contributed by atoms with Crippen LogP contribution in [0.1, 0.15) is 24.8 Å². The summed E-state index contributed by atoms with van der Waals surface area (Å²) < 4.78 is 0. The van der Waals surface area contributed by atoms with E-state index in [2.05, 4.69) is 34.1 Å². The van der Waals surface area contributed by atoms with Crippen LogP contribution in [0.3, 0.4) is 0 Å². The van der Waals surface area contributed by atoms with E-state index < -0.39 is 0 Å². The topological polar surface area (TPSA) is 32.5 Å². The van der Waals surface area contributed by atoms with Gasteiger partial charge in [-0.15, -0.1) is 0 Å². The van der Waals surface area contributed by atoms with E-state index in [0.717, 1.165) is 19.1 Å². The highest BCUT2D eigenvalue weighted by Gasteiger charge is 2.28. The van der Waals surface area contributed by atoms with E-state index >= 15 is 0 Å². The number of anilines is 1. The lowest BCUT2D eigenvalue weighted by molar-refractivity contribution is 0.120. The predicted molar refractivity (Wildman–Crippen MR) is 75.8 cm³/mol. The SMILES string of the molecule is NCc1ccccc1N1CCN(C2CCC2)CC1. The van der Waals surface area contributed by atoms with Gasteiger partial charge in [-0.1, -0.05) is 24.6 Å². The Balaban J connectivity index is 1.64. The molecule has 1 heterocycles. The summed E-state index contributed by atoms with van der Waals surface area (Å²) in [7, 11) is 0. The smallest absolute Gasteiger partial charge is 0.0412 e. The van der Waals surface area contributed by atoms with Crippen molar-refractivity contribution in [1.82, 2.24) is 4.90 Å². The molecule has 18 heavy (non-hydrogen) atoms. The van der Waals surface area contributed by atoms with Crippen LogP contribution in [-0.4, -0.2) is 37.1 Å². The van der Waals surface area contributed by atoms with Crippen molar-refractivity contribution < 1.29 is 0 Å². The monoisotopic (exact) mass is 245 g/mol. The number of para-hydroxylation sites is 1. The molecule has 0 aromatic heterocycles. The first-order valence-electron chi connectivity index (χ1n) is 7.15. The van der Waals surface area contributed by atoms with Gasteiger partial charge in [0.15, 0.2) is 0 Å². The number of benzene rings is 1. The first-order chi connectivity index (χ1) is 8.88. The van der Waals surface area contributed by atoms with Crippen LogP contribution >= 0.6 is 0 Å². The minimum Gasteiger partial charge on any atom is -0.369 e. The lowest BCUT2D eigenvalue weighted by atomic mass is 9.91. The molecule has 0 amide bonds. The van der Waals surface area contributed by atoms with Gasteiger partial charge < -0.3 is 10.6 Å². The first-order valence-corrected chi connectivity index (χ1v) is 7.15. The maximum absolute atomic E-state index is 5.83. The van der Waals surface area contributed by atoms with Crippen LogP contribution < -0.4 is 10.6 Å². The molecule has 0 spiro atoms. The molecule has 0 atom stereocenters. The van der Waals surface area contributed by atoms with Crippen molar-refractivity contribution in [2.45, 2.75) is 31.8 Å². The summed E-state index contributed by atoms with van der Waals surface area (Å²) in [6, 6.07) is 9.44. The highest BCUT2D eigenvalue weighted by molar-refractivity contribution is 5.54. The zero-order valence-corrected chi connectivity index (χ0v) is 11.0. The molecule has 1 aromatic carbocycles. The summed E-state index contributed by atoms with van der Waals surface area (Å²) in [6.07, 6.45) is 4.26. The molecule has 1 aromatic rings. The van der Waals surface area contributed by atoms with E-state index in [4.69, 9.17) is 5.73 Å². The molecule has 0 radical (unpaired) electrons. The molecular formula is C15H23N3. The van der Waals surface area contributed by atoms with Crippen LogP contribution in [0.15, 0.2) is 24.3 Å². The third kappa shape index (κ3) is 2.25. The third-order valence-electron chi connectivity index (χ3n) is 4.46. The van der Waals surface area contributed by atoms with Gasteiger partial charge >= 0.3 is 0 Å². The molecular weight excluding hydrogens is 222 g/mol. The standard InChI is InChI=1S/C15H23N3/c16-12-13-4-1-2-7-15(13)18-10-8-17(9-11-18)14-5-3-6-14/h1-2,4,7,14H,3,5-6,8-12,16H2. The third-order valence-corrected chi connectivity index (χ3v) is 4.46. The first kappa shape index (κ1) is 12.0. The number of nitrogens with two attached hydrogens (primary N) is 1. The quantitative estimate of drug-likeness (QED) is 0.881. The summed E-state index contributed by atoms with van der Waals surface area (Å²) in [5.41, 5.74) is 8.44. The minimum absolute atomic E-state index is 0.638. The van der Waals surface area contributed by atoms with Gasteiger partial charge in [-0.25, -0.2) is 0 Å². The molecule has 2 N–H and O–H groups in total.